The van der Waals surface area contributed by atoms with Gasteiger partial charge in [0.15, 0.2) is 5.82 Å². The zero-order valence-electron chi connectivity index (χ0n) is 51.9. The molecule has 0 unspecified atom stereocenters. The van der Waals surface area contributed by atoms with Gasteiger partial charge in [0.05, 0.1) is 87.1 Å². The van der Waals surface area contributed by atoms with E-state index in [1.54, 1.807) is 57.7 Å². The summed E-state index contributed by atoms with van der Waals surface area (Å²) in [4.78, 5) is 15.2. The lowest BCUT2D eigenvalue weighted by atomic mass is 10.1. The first-order valence-corrected chi connectivity index (χ1v) is 20.1. The van der Waals surface area contributed by atoms with E-state index in [1.165, 1.54) is 0 Å². The summed E-state index contributed by atoms with van der Waals surface area (Å²) in [6.45, 7) is 0. The number of rotatable bonds is 5. The molecule has 0 fully saturated rings. The van der Waals surface area contributed by atoms with E-state index >= 15 is 0 Å². The molecule has 0 N–H and O–H groups in total. The molecular weight excluding hydrogens is 783 g/mol. The van der Waals surface area contributed by atoms with Crippen LogP contribution in [0.15, 0.2) is 212 Å². The minimum absolute atomic E-state index is 0.0829. The largest absolute Gasteiger partial charge is 0.308 e. The number of benzene rings is 9. The SMILES string of the molecule is [2H]c1c([2H])c(-n2c3ccccc3c3ccccc32)c(-c2nc(-n3c4c([2H])c([2H])c([2H])c([2H])c4c4c([2H])c([2H])c([2H])c([2H])c43)nc(-n3c4c([2H])c([2H])c([2H])c([2H])c4c4c([2H])c([2H])c([2H])c([2H])c43)n2)c(-n2c3ccccc3c3ccccc32)c1[2H]. The molecule has 14 rings (SSSR count). The lowest BCUT2D eigenvalue weighted by Crippen LogP contribution is -2.12. The smallest absolute Gasteiger partial charge is 0.240 e. The van der Waals surface area contributed by atoms with Gasteiger partial charge in [-0.1, -0.05) is 151 Å². The van der Waals surface area contributed by atoms with Crippen molar-refractivity contribution in [1.82, 2.24) is 33.2 Å². The second-order valence-electron chi connectivity index (χ2n) is 15.0. The van der Waals surface area contributed by atoms with Crippen LogP contribution in [0.1, 0.15) is 26.0 Å². The van der Waals surface area contributed by atoms with E-state index in [1.807, 2.05) is 48.5 Å². The maximum Gasteiger partial charge on any atom is 0.240 e. The molecule has 0 atom stereocenters. The van der Waals surface area contributed by atoms with Gasteiger partial charge < -0.3 is 9.13 Å². The van der Waals surface area contributed by atoms with Gasteiger partial charge in [0.25, 0.3) is 0 Å². The van der Waals surface area contributed by atoms with Crippen molar-refractivity contribution in [3.8, 4) is 34.7 Å². The maximum absolute atomic E-state index is 10.1. The topological polar surface area (TPSA) is 58.4 Å². The molecule has 0 saturated heterocycles. The van der Waals surface area contributed by atoms with Crippen molar-refractivity contribution < 1.29 is 26.0 Å². The molecule has 7 nitrogen and oxygen atoms in total. The van der Waals surface area contributed by atoms with Crippen molar-refractivity contribution in [2.75, 3.05) is 0 Å². The van der Waals surface area contributed by atoms with Crippen molar-refractivity contribution in [3.63, 3.8) is 0 Å². The van der Waals surface area contributed by atoms with E-state index < -0.39 is 155 Å². The fourth-order valence-corrected chi connectivity index (χ4v) is 9.17. The summed E-state index contributed by atoms with van der Waals surface area (Å²) in [5.74, 6) is -1.81. The second-order valence-corrected chi connectivity index (χ2v) is 15.0. The highest BCUT2D eigenvalue weighted by molar-refractivity contribution is 6.13. The van der Waals surface area contributed by atoms with E-state index in [9.17, 15) is 15.1 Å². The Labute approximate surface area is 392 Å². The predicted molar refractivity (Wildman–Crippen MR) is 263 cm³/mol. The van der Waals surface area contributed by atoms with Crippen molar-refractivity contribution in [2.24, 2.45) is 0 Å². The number of aromatic nitrogens is 7. The summed E-state index contributed by atoms with van der Waals surface area (Å²) in [6, 6.07) is 15.8. The Kier molecular flexibility index (Phi) is 4.44. The second kappa shape index (κ2) is 13.3. The van der Waals surface area contributed by atoms with Crippen LogP contribution in [-0.4, -0.2) is 33.2 Å². The number of hydrogen-bond acceptors (Lipinski definition) is 3. The lowest BCUT2D eigenvalue weighted by molar-refractivity contribution is 0.890. The third-order valence-electron chi connectivity index (χ3n) is 11.7. The molecule has 0 spiro atoms. The first-order chi connectivity index (χ1) is 39.7. The quantitative estimate of drug-likeness (QED) is 0.173. The molecule has 7 heteroatoms. The van der Waals surface area contributed by atoms with Crippen LogP contribution in [0.5, 0.6) is 0 Å². The molecule has 0 aliphatic heterocycles. The standard InChI is InChI=1S/C57H35N7/c1-9-26-44-36(18-1)37-19-2-10-27-45(37)61(44)52-34-17-35-53(62-46-28-11-3-20-38(46)39-21-4-12-29-47(39)62)54(52)55-58-56(63-48-30-13-5-22-40(48)41-23-6-14-31-49(41)63)60-57(59-55)64-50-32-15-7-24-42(50)43-25-8-16-33-51(43)64/h1-35H/i5D,6D,7D,8D,13D,14D,15D,16D,17D,22D,23D,24D,25D,30D,31D,32D,33D,34D,35D. The predicted octanol–water partition coefficient (Wildman–Crippen LogP) is 13.9. The van der Waals surface area contributed by atoms with Gasteiger partial charge >= 0.3 is 0 Å². The van der Waals surface area contributed by atoms with Crippen molar-refractivity contribution in [3.05, 3.63) is 212 Å². The van der Waals surface area contributed by atoms with Gasteiger partial charge in [0.1, 0.15) is 0 Å². The summed E-state index contributed by atoms with van der Waals surface area (Å²) >= 11 is 0. The van der Waals surface area contributed by atoms with Gasteiger partial charge in [-0.05, 0) is 60.5 Å². The van der Waals surface area contributed by atoms with Gasteiger partial charge in [0, 0.05) is 43.1 Å². The van der Waals surface area contributed by atoms with Crippen LogP contribution in [0.25, 0.3) is 122 Å². The molecule has 64 heavy (non-hydrogen) atoms. The summed E-state index contributed by atoms with van der Waals surface area (Å²) in [5, 5.41) is 1.41. The third kappa shape index (κ3) is 4.83. The van der Waals surface area contributed by atoms with Gasteiger partial charge in [-0.2, -0.15) is 15.0 Å². The fraction of sp³-hybridized carbons (Fsp3) is 0. The molecule has 14 aromatic rings. The minimum Gasteiger partial charge on any atom is -0.308 e. The van der Waals surface area contributed by atoms with Crippen molar-refractivity contribution in [1.29, 1.82) is 0 Å². The van der Waals surface area contributed by atoms with Gasteiger partial charge in [-0.3, -0.25) is 9.13 Å². The van der Waals surface area contributed by atoms with Gasteiger partial charge in [-0.15, -0.1) is 0 Å². The first kappa shape index (κ1) is 21.3. The highest BCUT2D eigenvalue weighted by Gasteiger charge is 2.26. The highest BCUT2D eigenvalue weighted by atomic mass is 15.3. The monoisotopic (exact) mass is 836 g/mol. The van der Waals surface area contributed by atoms with Crippen LogP contribution in [0, 0.1) is 0 Å². The van der Waals surface area contributed by atoms with Crippen LogP contribution < -0.4 is 0 Å². The van der Waals surface area contributed by atoms with Crippen LogP contribution in [0.4, 0.5) is 0 Å². The Balaban J connectivity index is 1.30. The molecule has 0 bridgehead atoms. The third-order valence-corrected chi connectivity index (χ3v) is 11.7. The number of hydrogen-bond donors (Lipinski definition) is 0. The normalized spacial score (nSPS) is 16.2. The van der Waals surface area contributed by atoms with Crippen molar-refractivity contribution >= 4 is 87.2 Å². The summed E-state index contributed by atoms with van der Waals surface area (Å²) < 4.78 is 182. The Bertz CT molecular complexity index is 4770. The number of para-hydroxylation sites is 8. The van der Waals surface area contributed by atoms with Crippen LogP contribution >= 0.6 is 0 Å². The van der Waals surface area contributed by atoms with Crippen molar-refractivity contribution in [2.45, 2.75) is 0 Å². The zero-order valence-corrected chi connectivity index (χ0v) is 32.9. The average molecular weight is 837 g/mol. The molecule has 5 heterocycles. The molecule has 0 aliphatic rings. The first-order valence-electron chi connectivity index (χ1n) is 29.6. The summed E-state index contributed by atoms with van der Waals surface area (Å²) in [7, 11) is 0. The molecule has 0 radical (unpaired) electrons. The van der Waals surface area contributed by atoms with E-state index in [-0.39, 0.29) is 38.5 Å². The Morgan fingerprint density at radius 2 is 0.594 bits per heavy atom. The highest BCUT2D eigenvalue weighted by Crippen LogP contribution is 2.42. The summed E-state index contributed by atoms with van der Waals surface area (Å²) in [6.07, 6.45) is 0. The molecule has 0 saturated carbocycles. The minimum atomic E-state index is -0.781. The molecular formula is C57H35N7. The number of nitrogens with zero attached hydrogens (tertiary/aromatic N) is 7. The fourth-order valence-electron chi connectivity index (χ4n) is 9.17. The van der Waals surface area contributed by atoms with E-state index in [0.717, 1.165) is 9.13 Å². The maximum atomic E-state index is 10.1. The molecule has 0 amide bonds. The van der Waals surface area contributed by atoms with Crippen LogP contribution in [0.3, 0.4) is 0 Å². The van der Waals surface area contributed by atoms with Crippen LogP contribution in [-0.2, 0) is 0 Å². The van der Waals surface area contributed by atoms with Gasteiger partial charge in [-0.25, -0.2) is 0 Å². The lowest BCUT2D eigenvalue weighted by Gasteiger charge is -2.20. The van der Waals surface area contributed by atoms with E-state index in [0.29, 0.717) is 43.6 Å². The van der Waals surface area contributed by atoms with Gasteiger partial charge in [0.2, 0.25) is 11.9 Å². The molecule has 298 valence electrons. The molecule has 9 aromatic carbocycles. The number of fused-ring (bicyclic) bond motifs is 12. The molecule has 5 aromatic heterocycles. The average Bonchev–Trinajstić information content (AvgIpc) is 2.30. The Morgan fingerprint density at radius 3 is 0.938 bits per heavy atom. The summed E-state index contributed by atoms with van der Waals surface area (Å²) in [5.41, 5.74) is -0.0165. The van der Waals surface area contributed by atoms with E-state index in [2.05, 4.69) is 0 Å². The zero-order chi connectivity index (χ0) is 58.4. The Morgan fingerprint density at radius 1 is 0.281 bits per heavy atom. The molecule has 0 aliphatic carbocycles. The Hall–Kier alpha value is -8.81. The van der Waals surface area contributed by atoms with Crippen LogP contribution in [0.2, 0.25) is 0 Å². The van der Waals surface area contributed by atoms with E-state index in [4.69, 9.17) is 25.9 Å².